The zero-order valence-corrected chi connectivity index (χ0v) is 15.9. The van der Waals surface area contributed by atoms with Crippen molar-refractivity contribution in [2.75, 3.05) is 18.9 Å². The molecule has 29 heavy (non-hydrogen) atoms. The average Bonchev–Trinajstić information content (AvgIpc) is 3.06. The molecule has 3 N–H and O–H groups in total. The van der Waals surface area contributed by atoms with Gasteiger partial charge in [0.15, 0.2) is 0 Å². The van der Waals surface area contributed by atoms with Crippen LogP contribution in [0.4, 0.5) is 10.7 Å². The van der Waals surface area contributed by atoms with Crippen LogP contribution in [0.25, 0.3) is 17.2 Å². The van der Waals surface area contributed by atoms with Crippen molar-refractivity contribution in [2.24, 2.45) is 0 Å². The van der Waals surface area contributed by atoms with Crippen molar-refractivity contribution >= 4 is 18.1 Å². The number of aromatic nitrogens is 2. The molecule has 6 nitrogen and oxygen atoms in total. The van der Waals surface area contributed by atoms with Crippen molar-refractivity contribution in [1.29, 1.82) is 0 Å². The van der Waals surface area contributed by atoms with Crippen LogP contribution in [-0.2, 0) is 4.74 Å². The maximum absolute atomic E-state index is 12.1. The molecule has 1 heterocycles. The van der Waals surface area contributed by atoms with E-state index in [4.69, 9.17) is 10.5 Å². The Labute approximate surface area is 169 Å². The van der Waals surface area contributed by atoms with Gasteiger partial charge in [-0.2, -0.15) is 0 Å². The number of alkyl carbamates (subject to hydrolysis) is 1. The number of anilines is 1. The van der Waals surface area contributed by atoms with Gasteiger partial charge in [-0.1, -0.05) is 54.6 Å². The lowest BCUT2D eigenvalue weighted by atomic mass is 9.98. The van der Waals surface area contributed by atoms with Gasteiger partial charge >= 0.3 is 6.09 Å². The Morgan fingerprint density at radius 1 is 1.07 bits per heavy atom. The van der Waals surface area contributed by atoms with Gasteiger partial charge in [-0.15, -0.1) is 0 Å². The van der Waals surface area contributed by atoms with Gasteiger partial charge in [0, 0.05) is 18.7 Å². The van der Waals surface area contributed by atoms with Crippen LogP contribution < -0.4 is 11.1 Å². The number of ether oxygens (including phenoxy) is 1. The summed E-state index contributed by atoms with van der Waals surface area (Å²) in [4.78, 5) is 20.0. The maximum Gasteiger partial charge on any atom is 0.407 e. The first kappa shape index (κ1) is 18.7. The predicted octanol–water partition coefficient (Wildman–Crippen LogP) is 4.00. The molecule has 0 radical (unpaired) electrons. The average molecular weight is 386 g/mol. The van der Waals surface area contributed by atoms with Crippen molar-refractivity contribution in [1.82, 2.24) is 15.3 Å². The highest BCUT2D eigenvalue weighted by Gasteiger charge is 2.28. The fourth-order valence-corrected chi connectivity index (χ4v) is 3.59. The van der Waals surface area contributed by atoms with Crippen LogP contribution in [-0.4, -0.2) is 29.2 Å². The lowest BCUT2D eigenvalue weighted by Crippen LogP contribution is -2.26. The van der Waals surface area contributed by atoms with Crippen LogP contribution in [0.15, 0.2) is 66.9 Å². The Kier molecular flexibility index (Phi) is 5.52. The first-order valence-corrected chi connectivity index (χ1v) is 9.56. The molecule has 0 unspecified atom stereocenters. The van der Waals surface area contributed by atoms with Crippen molar-refractivity contribution < 1.29 is 9.53 Å². The van der Waals surface area contributed by atoms with E-state index in [1.807, 2.05) is 36.4 Å². The summed E-state index contributed by atoms with van der Waals surface area (Å²) in [6.07, 6.45) is 5.63. The number of amides is 1. The van der Waals surface area contributed by atoms with E-state index >= 15 is 0 Å². The molecule has 1 aliphatic carbocycles. The number of nitrogens with zero attached hydrogens (tertiary/aromatic N) is 2. The number of hydrogen-bond acceptors (Lipinski definition) is 5. The van der Waals surface area contributed by atoms with Crippen molar-refractivity contribution in [2.45, 2.75) is 12.3 Å². The third-order valence-corrected chi connectivity index (χ3v) is 4.91. The van der Waals surface area contributed by atoms with E-state index < -0.39 is 6.09 Å². The monoisotopic (exact) mass is 386 g/mol. The molecule has 3 aromatic rings. The Morgan fingerprint density at radius 3 is 2.45 bits per heavy atom. The lowest BCUT2D eigenvalue weighted by molar-refractivity contribution is 0.143. The second-order valence-corrected chi connectivity index (χ2v) is 6.78. The third-order valence-electron chi connectivity index (χ3n) is 4.91. The molecule has 0 spiro atoms. The van der Waals surface area contributed by atoms with Crippen molar-refractivity contribution in [3.63, 3.8) is 0 Å². The summed E-state index contributed by atoms with van der Waals surface area (Å²) < 4.78 is 5.51. The standard InChI is InChI=1S/C23H22N4O2/c24-22-25-14-12-16(27-22)7-5-6-13-26-23(28)29-15-21-19-10-3-1-8-17(19)18-9-2-4-11-20(18)21/h1-5,7-12,14,21H,6,13,15H2,(H,26,28)(H2,24,25,27). The number of carbonyl (C=O) groups excluding carboxylic acids is 1. The zero-order chi connectivity index (χ0) is 20.1. The number of fused-ring (bicyclic) bond motifs is 3. The number of carbonyl (C=O) groups is 1. The first-order valence-electron chi connectivity index (χ1n) is 9.56. The molecule has 0 aliphatic heterocycles. The van der Waals surface area contributed by atoms with Crippen LogP contribution in [0.3, 0.4) is 0 Å². The Hall–Kier alpha value is -3.67. The molecule has 6 heteroatoms. The zero-order valence-electron chi connectivity index (χ0n) is 15.9. The molecule has 0 saturated heterocycles. The highest BCUT2D eigenvalue weighted by Crippen LogP contribution is 2.44. The van der Waals surface area contributed by atoms with Crippen LogP contribution in [0, 0.1) is 0 Å². The molecule has 4 rings (SSSR count). The fraction of sp³-hybridized carbons (Fsp3) is 0.174. The Balaban J connectivity index is 1.28. The van der Waals surface area contributed by atoms with Crippen LogP contribution in [0.1, 0.15) is 29.2 Å². The predicted molar refractivity (Wildman–Crippen MR) is 113 cm³/mol. The van der Waals surface area contributed by atoms with Gasteiger partial charge in [0.05, 0.1) is 5.69 Å². The maximum atomic E-state index is 12.1. The largest absolute Gasteiger partial charge is 0.449 e. The smallest absolute Gasteiger partial charge is 0.407 e. The van der Waals surface area contributed by atoms with E-state index in [0.29, 0.717) is 19.6 Å². The highest BCUT2D eigenvalue weighted by molar-refractivity contribution is 5.79. The molecule has 146 valence electrons. The number of nitrogen functional groups attached to an aromatic ring is 1. The summed E-state index contributed by atoms with van der Waals surface area (Å²) in [5.41, 5.74) is 11.1. The highest BCUT2D eigenvalue weighted by atomic mass is 16.5. The van der Waals surface area contributed by atoms with Gasteiger partial charge in [0.1, 0.15) is 6.61 Å². The molecular formula is C23H22N4O2. The van der Waals surface area contributed by atoms with E-state index in [-0.39, 0.29) is 11.9 Å². The van der Waals surface area contributed by atoms with Gasteiger partial charge in [0.2, 0.25) is 5.95 Å². The number of hydrogen-bond donors (Lipinski definition) is 2. The second kappa shape index (κ2) is 8.56. The van der Waals surface area contributed by atoms with E-state index in [9.17, 15) is 4.79 Å². The molecular weight excluding hydrogens is 364 g/mol. The van der Waals surface area contributed by atoms with Crippen LogP contribution in [0.5, 0.6) is 0 Å². The topological polar surface area (TPSA) is 90.1 Å². The first-order chi connectivity index (χ1) is 14.2. The minimum absolute atomic E-state index is 0.0660. The van der Waals surface area contributed by atoms with Gasteiger partial charge in [0.25, 0.3) is 0 Å². The lowest BCUT2D eigenvalue weighted by Gasteiger charge is -2.14. The van der Waals surface area contributed by atoms with Crippen LogP contribution >= 0.6 is 0 Å². The van der Waals surface area contributed by atoms with E-state index in [1.54, 1.807) is 12.3 Å². The molecule has 0 fully saturated rings. The van der Waals surface area contributed by atoms with Gasteiger partial charge < -0.3 is 15.8 Å². The van der Waals surface area contributed by atoms with Crippen molar-refractivity contribution in [3.8, 4) is 11.1 Å². The van der Waals surface area contributed by atoms with Crippen molar-refractivity contribution in [3.05, 3.63) is 83.7 Å². The summed E-state index contributed by atoms with van der Waals surface area (Å²) in [6.45, 7) is 0.795. The third kappa shape index (κ3) is 4.27. The molecule has 1 aliphatic rings. The van der Waals surface area contributed by atoms with E-state index in [1.165, 1.54) is 22.3 Å². The summed E-state index contributed by atoms with van der Waals surface area (Å²) in [5.74, 6) is 0.306. The molecule has 1 aromatic heterocycles. The summed E-state index contributed by atoms with van der Waals surface area (Å²) >= 11 is 0. The van der Waals surface area contributed by atoms with Gasteiger partial charge in [-0.05, 0) is 40.8 Å². The van der Waals surface area contributed by atoms with E-state index in [0.717, 1.165) is 5.69 Å². The fourth-order valence-electron chi connectivity index (χ4n) is 3.59. The van der Waals surface area contributed by atoms with E-state index in [2.05, 4.69) is 39.6 Å². The number of benzene rings is 2. The second-order valence-electron chi connectivity index (χ2n) is 6.78. The Bertz CT molecular complexity index is 1000. The Morgan fingerprint density at radius 2 is 1.76 bits per heavy atom. The van der Waals surface area contributed by atoms with Crippen LogP contribution in [0.2, 0.25) is 0 Å². The molecule has 1 amide bonds. The summed E-state index contributed by atoms with van der Waals surface area (Å²) in [7, 11) is 0. The summed E-state index contributed by atoms with van der Waals surface area (Å²) in [5, 5.41) is 2.78. The molecule has 0 bridgehead atoms. The van der Waals surface area contributed by atoms with Gasteiger partial charge in [-0.3, -0.25) is 0 Å². The number of nitrogens with one attached hydrogen (secondary N) is 1. The number of nitrogens with two attached hydrogens (primary N) is 1. The summed E-state index contributed by atoms with van der Waals surface area (Å²) in [6, 6.07) is 18.3. The molecule has 2 aromatic carbocycles. The molecule has 0 saturated carbocycles. The quantitative estimate of drug-likeness (QED) is 0.625. The molecule has 0 atom stereocenters. The minimum Gasteiger partial charge on any atom is -0.449 e. The van der Waals surface area contributed by atoms with Gasteiger partial charge in [-0.25, -0.2) is 14.8 Å². The SMILES string of the molecule is Nc1nccc(C=CCCNC(=O)OCC2c3ccccc3-c3ccccc32)n1. The minimum atomic E-state index is -0.411. The normalized spacial score (nSPS) is 12.6. The number of rotatable bonds is 6.